The number of amides is 1. The molecule has 3 rings (SSSR count). The van der Waals surface area contributed by atoms with Crippen molar-refractivity contribution < 1.29 is 14.3 Å². The molecule has 3 aromatic carbocycles. The number of rotatable bonds is 7. The molecular weight excluding hydrogens is 374 g/mol. The fraction of sp³-hybridized carbons (Fsp3) is 0.269. The first-order chi connectivity index (χ1) is 14.4. The van der Waals surface area contributed by atoms with E-state index in [2.05, 4.69) is 26.1 Å². The van der Waals surface area contributed by atoms with Crippen LogP contribution in [0.1, 0.15) is 45.1 Å². The molecule has 0 aliphatic carbocycles. The lowest BCUT2D eigenvalue weighted by Crippen LogP contribution is -2.13. The SMILES string of the molecule is CCOc1ccc(C(=O)Nc2ccc(C)c(C)c2)cc1COc1ccc(C)c(C)c1. The van der Waals surface area contributed by atoms with Crippen LogP contribution in [0.4, 0.5) is 5.69 Å². The zero-order valence-corrected chi connectivity index (χ0v) is 18.3. The van der Waals surface area contributed by atoms with E-state index in [1.165, 1.54) is 16.7 Å². The van der Waals surface area contributed by atoms with Gasteiger partial charge in [0, 0.05) is 16.8 Å². The molecule has 4 nitrogen and oxygen atoms in total. The maximum absolute atomic E-state index is 12.8. The monoisotopic (exact) mass is 403 g/mol. The second-order valence-corrected chi connectivity index (χ2v) is 7.54. The van der Waals surface area contributed by atoms with Crippen molar-refractivity contribution in [1.82, 2.24) is 0 Å². The van der Waals surface area contributed by atoms with Gasteiger partial charge in [-0.15, -0.1) is 0 Å². The van der Waals surface area contributed by atoms with Gasteiger partial charge in [-0.25, -0.2) is 0 Å². The number of ether oxygens (including phenoxy) is 2. The van der Waals surface area contributed by atoms with Crippen LogP contribution in [0.25, 0.3) is 0 Å². The van der Waals surface area contributed by atoms with E-state index >= 15 is 0 Å². The quantitative estimate of drug-likeness (QED) is 0.515. The molecule has 30 heavy (non-hydrogen) atoms. The molecule has 0 atom stereocenters. The van der Waals surface area contributed by atoms with Crippen molar-refractivity contribution in [1.29, 1.82) is 0 Å². The molecule has 0 heterocycles. The highest BCUT2D eigenvalue weighted by Gasteiger charge is 2.12. The van der Waals surface area contributed by atoms with Gasteiger partial charge in [-0.3, -0.25) is 4.79 Å². The van der Waals surface area contributed by atoms with E-state index < -0.39 is 0 Å². The number of anilines is 1. The smallest absolute Gasteiger partial charge is 0.255 e. The topological polar surface area (TPSA) is 47.6 Å². The predicted molar refractivity (Wildman–Crippen MR) is 122 cm³/mol. The third-order valence-electron chi connectivity index (χ3n) is 5.26. The van der Waals surface area contributed by atoms with Gasteiger partial charge in [0.15, 0.2) is 0 Å². The van der Waals surface area contributed by atoms with Gasteiger partial charge in [0.1, 0.15) is 18.1 Å². The Morgan fingerprint density at radius 2 is 1.50 bits per heavy atom. The number of benzene rings is 3. The highest BCUT2D eigenvalue weighted by atomic mass is 16.5. The minimum absolute atomic E-state index is 0.159. The highest BCUT2D eigenvalue weighted by Crippen LogP contribution is 2.25. The van der Waals surface area contributed by atoms with Gasteiger partial charge in [-0.2, -0.15) is 0 Å². The van der Waals surface area contributed by atoms with Gasteiger partial charge in [0.25, 0.3) is 5.91 Å². The summed E-state index contributed by atoms with van der Waals surface area (Å²) in [5, 5.41) is 2.97. The summed E-state index contributed by atoms with van der Waals surface area (Å²) in [4.78, 5) is 12.8. The Labute approximate surface area is 178 Å². The van der Waals surface area contributed by atoms with Crippen molar-refractivity contribution in [2.45, 2.75) is 41.2 Å². The molecule has 3 aromatic rings. The maximum Gasteiger partial charge on any atom is 0.255 e. The summed E-state index contributed by atoms with van der Waals surface area (Å²) in [6, 6.07) is 17.4. The lowest BCUT2D eigenvalue weighted by Gasteiger charge is -2.14. The molecular formula is C26H29NO3. The maximum atomic E-state index is 12.8. The van der Waals surface area contributed by atoms with Crippen molar-refractivity contribution in [3.8, 4) is 11.5 Å². The lowest BCUT2D eigenvalue weighted by atomic mass is 10.1. The standard InChI is InChI=1S/C26H29NO3/c1-6-29-25-12-9-21(26(28)27-23-10-7-17(2)19(4)13-23)15-22(25)16-30-24-11-8-18(3)20(5)14-24/h7-15H,6,16H2,1-5H3,(H,27,28). The van der Waals surface area contributed by atoms with Crippen LogP contribution >= 0.6 is 0 Å². The summed E-state index contributed by atoms with van der Waals surface area (Å²) in [6.45, 7) is 11.0. The first-order valence-corrected chi connectivity index (χ1v) is 10.2. The van der Waals surface area contributed by atoms with Gasteiger partial charge >= 0.3 is 0 Å². The van der Waals surface area contributed by atoms with Crippen molar-refractivity contribution >= 4 is 11.6 Å². The number of carbonyl (C=O) groups is 1. The Kier molecular flexibility index (Phi) is 6.78. The number of nitrogens with one attached hydrogen (secondary N) is 1. The summed E-state index contributed by atoms with van der Waals surface area (Å²) >= 11 is 0. The second kappa shape index (κ2) is 9.49. The van der Waals surface area contributed by atoms with Crippen molar-refractivity contribution in [2.75, 3.05) is 11.9 Å². The summed E-state index contributed by atoms with van der Waals surface area (Å²) in [7, 11) is 0. The van der Waals surface area contributed by atoms with Crippen LogP contribution in [0.15, 0.2) is 54.6 Å². The van der Waals surface area contributed by atoms with Gasteiger partial charge in [0.05, 0.1) is 6.61 Å². The Balaban J connectivity index is 1.79. The average molecular weight is 404 g/mol. The highest BCUT2D eigenvalue weighted by molar-refractivity contribution is 6.04. The first-order valence-electron chi connectivity index (χ1n) is 10.2. The van der Waals surface area contributed by atoms with Gasteiger partial charge in [-0.1, -0.05) is 12.1 Å². The summed E-state index contributed by atoms with van der Waals surface area (Å²) in [6.07, 6.45) is 0. The van der Waals surface area contributed by atoms with Crippen molar-refractivity contribution in [3.63, 3.8) is 0 Å². The summed E-state index contributed by atoms with van der Waals surface area (Å²) in [5.41, 5.74) is 6.92. The predicted octanol–water partition coefficient (Wildman–Crippen LogP) is 6.15. The molecule has 0 saturated heterocycles. The van der Waals surface area contributed by atoms with Crippen LogP contribution in [-0.4, -0.2) is 12.5 Å². The number of hydrogen-bond acceptors (Lipinski definition) is 3. The normalized spacial score (nSPS) is 10.6. The number of aryl methyl sites for hydroxylation is 4. The van der Waals surface area contributed by atoms with Crippen molar-refractivity contribution in [2.24, 2.45) is 0 Å². The van der Waals surface area contributed by atoms with E-state index in [0.29, 0.717) is 18.8 Å². The zero-order valence-electron chi connectivity index (χ0n) is 18.3. The number of hydrogen-bond donors (Lipinski definition) is 1. The van der Waals surface area contributed by atoms with Crippen LogP contribution in [0.5, 0.6) is 11.5 Å². The molecule has 0 aliphatic rings. The molecule has 0 aromatic heterocycles. The average Bonchev–Trinajstić information content (AvgIpc) is 2.72. The third kappa shape index (κ3) is 5.20. The molecule has 1 N–H and O–H groups in total. The Morgan fingerprint density at radius 3 is 2.17 bits per heavy atom. The summed E-state index contributed by atoms with van der Waals surface area (Å²) < 4.78 is 11.7. The van der Waals surface area contributed by atoms with Crippen LogP contribution in [0, 0.1) is 27.7 Å². The van der Waals surface area contributed by atoms with Crippen LogP contribution < -0.4 is 14.8 Å². The minimum Gasteiger partial charge on any atom is -0.493 e. The largest absolute Gasteiger partial charge is 0.493 e. The van der Waals surface area contributed by atoms with E-state index in [4.69, 9.17) is 9.47 Å². The Morgan fingerprint density at radius 1 is 0.800 bits per heavy atom. The van der Waals surface area contributed by atoms with E-state index in [9.17, 15) is 4.79 Å². The van der Waals surface area contributed by atoms with Gasteiger partial charge in [-0.05, 0) is 99.3 Å². The lowest BCUT2D eigenvalue weighted by molar-refractivity contribution is 0.102. The van der Waals surface area contributed by atoms with Gasteiger partial charge in [0.2, 0.25) is 0 Å². The fourth-order valence-electron chi connectivity index (χ4n) is 3.12. The van der Waals surface area contributed by atoms with E-state index in [1.807, 2.05) is 62.4 Å². The minimum atomic E-state index is -0.159. The van der Waals surface area contributed by atoms with Crippen LogP contribution in [-0.2, 0) is 6.61 Å². The molecule has 0 saturated carbocycles. The Bertz CT molecular complexity index is 1060. The summed E-state index contributed by atoms with van der Waals surface area (Å²) in [5.74, 6) is 1.36. The molecule has 156 valence electrons. The van der Waals surface area contributed by atoms with Crippen LogP contribution in [0.2, 0.25) is 0 Å². The molecule has 0 aliphatic heterocycles. The fourth-order valence-corrected chi connectivity index (χ4v) is 3.12. The second-order valence-electron chi connectivity index (χ2n) is 7.54. The van der Waals surface area contributed by atoms with E-state index in [0.717, 1.165) is 28.3 Å². The molecule has 0 radical (unpaired) electrons. The molecule has 0 bridgehead atoms. The van der Waals surface area contributed by atoms with Crippen LogP contribution in [0.3, 0.4) is 0 Å². The Hall–Kier alpha value is -3.27. The van der Waals surface area contributed by atoms with E-state index in [1.54, 1.807) is 6.07 Å². The van der Waals surface area contributed by atoms with Crippen molar-refractivity contribution in [3.05, 3.63) is 88.0 Å². The van der Waals surface area contributed by atoms with E-state index in [-0.39, 0.29) is 5.91 Å². The zero-order chi connectivity index (χ0) is 21.7. The molecule has 0 fully saturated rings. The van der Waals surface area contributed by atoms with Gasteiger partial charge < -0.3 is 14.8 Å². The first kappa shape index (κ1) is 21.4. The third-order valence-corrected chi connectivity index (χ3v) is 5.26. The molecule has 4 heteroatoms. The molecule has 1 amide bonds. The molecule has 0 spiro atoms. The number of carbonyl (C=O) groups excluding carboxylic acids is 1. The molecule has 0 unspecified atom stereocenters.